The van der Waals surface area contributed by atoms with Gasteiger partial charge in [-0.2, -0.15) is 0 Å². The second-order valence-electron chi connectivity index (χ2n) is 8.75. The molecule has 0 radical (unpaired) electrons. The molecule has 2 aromatic heterocycles. The molecule has 3 aromatic rings. The van der Waals surface area contributed by atoms with Crippen molar-refractivity contribution in [2.75, 3.05) is 16.4 Å². The molecule has 0 N–H and O–H groups in total. The first kappa shape index (κ1) is 19.3. The lowest BCUT2D eigenvalue weighted by atomic mass is 9.99. The van der Waals surface area contributed by atoms with Gasteiger partial charge < -0.3 is 9.47 Å². The highest BCUT2D eigenvalue weighted by Gasteiger charge is 2.59. The lowest BCUT2D eigenvalue weighted by molar-refractivity contribution is -0.120. The maximum absolute atomic E-state index is 15.0. The molecular weight excluding hydrogens is 441 g/mol. The van der Waals surface area contributed by atoms with Crippen molar-refractivity contribution in [1.29, 1.82) is 0 Å². The predicted octanol–water partition coefficient (Wildman–Crippen LogP) is 3.77. The van der Waals surface area contributed by atoms with Crippen molar-refractivity contribution in [2.45, 2.75) is 37.3 Å². The third-order valence-electron chi connectivity index (χ3n) is 6.83. The van der Waals surface area contributed by atoms with Gasteiger partial charge in [-0.05, 0) is 49.1 Å². The van der Waals surface area contributed by atoms with E-state index in [-0.39, 0.29) is 35.0 Å². The van der Waals surface area contributed by atoms with Crippen molar-refractivity contribution in [3.8, 4) is 0 Å². The van der Waals surface area contributed by atoms with E-state index in [9.17, 15) is 17.6 Å². The number of fused-ring (bicyclic) bond motifs is 3. The average molecular weight is 460 g/mol. The van der Waals surface area contributed by atoms with Crippen LogP contribution in [-0.4, -0.2) is 35.4 Å². The molecule has 1 saturated heterocycles. The van der Waals surface area contributed by atoms with Crippen LogP contribution >= 0.6 is 11.6 Å². The molecule has 4 heterocycles. The highest BCUT2D eigenvalue weighted by molar-refractivity contribution is 7.91. The highest BCUT2D eigenvalue weighted by Crippen LogP contribution is 2.57. The summed E-state index contributed by atoms with van der Waals surface area (Å²) in [6, 6.07) is 6.25. The maximum atomic E-state index is 15.0. The lowest BCUT2D eigenvalue weighted by Gasteiger charge is -2.22. The minimum absolute atomic E-state index is 0.0323. The fourth-order valence-electron chi connectivity index (χ4n) is 5.28. The summed E-state index contributed by atoms with van der Waals surface area (Å²) in [6.45, 7) is 0.224. The minimum Gasteiger partial charge on any atom is -0.336 e. The number of sulfone groups is 1. The van der Waals surface area contributed by atoms with E-state index < -0.39 is 21.1 Å². The quantitative estimate of drug-likeness (QED) is 0.597. The fraction of sp³-hybridized carbons (Fsp3) is 0.364. The number of anilines is 1. The van der Waals surface area contributed by atoms with Crippen molar-refractivity contribution in [1.82, 2.24) is 9.55 Å². The van der Waals surface area contributed by atoms with Gasteiger partial charge in [0, 0.05) is 28.3 Å². The zero-order chi connectivity index (χ0) is 21.5. The van der Waals surface area contributed by atoms with E-state index in [4.69, 9.17) is 11.6 Å². The van der Waals surface area contributed by atoms with Crippen molar-refractivity contribution in [2.24, 2.45) is 0 Å². The number of amides is 1. The largest absolute Gasteiger partial charge is 0.336 e. The Hall–Kier alpha value is -2.45. The molecule has 1 aromatic carbocycles. The normalized spacial score (nSPS) is 23.1. The van der Waals surface area contributed by atoms with E-state index in [0.29, 0.717) is 23.0 Å². The highest BCUT2D eigenvalue weighted by atomic mass is 35.5. The lowest BCUT2D eigenvalue weighted by Crippen LogP contribution is -2.32. The SMILES string of the molecule is O=C1N(Cc2cc3cc(Cl)cc(F)c3n2C2CCS(=O)(=O)C2)c2cnccc2C12CC2. The summed E-state index contributed by atoms with van der Waals surface area (Å²) in [7, 11) is -3.18. The van der Waals surface area contributed by atoms with Crippen molar-refractivity contribution >= 4 is 43.9 Å². The number of nitrogens with zero attached hydrogens (tertiary/aromatic N) is 3. The maximum Gasteiger partial charge on any atom is 0.238 e. The molecule has 3 aliphatic rings. The molecular formula is C22H19ClFN3O3S. The third kappa shape index (κ3) is 2.77. The van der Waals surface area contributed by atoms with E-state index >= 15 is 0 Å². The van der Waals surface area contributed by atoms with Gasteiger partial charge in [0.1, 0.15) is 5.82 Å². The molecule has 6 nitrogen and oxygen atoms in total. The Morgan fingerprint density at radius 1 is 1.26 bits per heavy atom. The topological polar surface area (TPSA) is 72.3 Å². The van der Waals surface area contributed by atoms with Gasteiger partial charge in [0.2, 0.25) is 5.91 Å². The second-order valence-corrected chi connectivity index (χ2v) is 11.4. The molecule has 1 atom stereocenters. The smallest absolute Gasteiger partial charge is 0.238 e. The number of halogens is 2. The van der Waals surface area contributed by atoms with Gasteiger partial charge in [0.25, 0.3) is 0 Å². The standard InChI is InChI=1S/C22H19ClFN3O3S/c23-14-7-13-8-16(27(20(13)18(24)9-14)15-2-6-31(29,30)12-15)11-26-19-10-25-5-1-17(19)22(3-4-22)21(26)28/h1,5,7-10,15H,2-4,6,11-12H2. The zero-order valence-corrected chi connectivity index (χ0v) is 18.1. The van der Waals surface area contributed by atoms with Gasteiger partial charge in [0.15, 0.2) is 9.84 Å². The minimum atomic E-state index is -3.18. The third-order valence-corrected chi connectivity index (χ3v) is 8.80. The first-order chi connectivity index (χ1) is 14.8. The molecule has 31 heavy (non-hydrogen) atoms. The molecule has 1 aliphatic carbocycles. The van der Waals surface area contributed by atoms with Gasteiger partial charge in [-0.15, -0.1) is 0 Å². The summed E-state index contributed by atoms with van der Waals surface area (Å²) in [5.41, 5.74) is 2.34. The van der Waals surface area contributed by atoms with Crippen LogP contribution in [0.4, 0.5) is 10.1 Å². The molecule has 9 heteroatoms. The van der Waals surface area contributed by atoms with Gasteiger partial charge in [-0.25, -0.2) is 12.8 Å². The van der Waals surface area contributed by atoms with E-state index in [1.54, 1.807) is 27.9 Å². The summed E-state index contributed by atoms with van der Waals surface area (Å²) in [6.07, 6.45) is 5.44. The van der Waals surface area contributed by atoms with E-state index in [1.807, 2.05) is 12.1 Å². The molecule has 1 spiro atoms. The van der Waals surface area contributed by atoms with Crippen LogP contribution in [0.25, 0.3) is 10.9 Å². The first-order valence-electron chi connectivity index (χ1n) is 10.2. The average Bonchev–Trinajstić information content (AvgIpc) is 3.26. The number of pyridine rings is 1. The number of benzene rings is 1. The molecule has 2 aliphatic heterocycles. The van der Waals surface area contributed by atoms with Crippen LogP contribution in [0.3, 0.4) is 0 Å². The number of hydrogen-bond acceptors (Lipinski definition) is 4. The molecule has 160 valence electrons. The van der Waals surface area contributed by atoms with E-state index in [0.717, 1.165) is 24.1 Å². The van der Waals surface area contributed by atoms with E-state index in [1.165, 1.54) is 6.07 Å². The van der Waals surface area contributed by atoms with Gasteiger partial charge in [-0.3, -0.25) is 9.78 Å². The Balaban J connectivity index is 1.50. The van der Waals surface area contributed by atoms with Crippen molar-refractivity contribution in [3.05, 3.63) is 58.8 Å². The van der Waals surface area contributed by atoms with Gasteiger partial charge in [0.05, 0.1) is 40.9 Å². The second kappa shape index (κ2) is 6.29. The Morgan fingerprint density at radius 3 is 2.77 bits per heavy atom. The molecule has 2 fully saturated rings. The summed E-state index contributed by atoms with van der Waals surface area (Å²) >= 11 is 6.08. The molecule has 1 amide bonds. The summed E-state index contributed by atoms with van der Waals surface area (Å²) < 4.78 is 41.1. The molecule has 0 bridgehead atoms. The van der Waals surface area contributed by atoms with Crippen LogP contribution in [0.2, 0.25) is 5.02 Å². The Labute approximate surface area is 183 Å². The van der Waals surface area contributed by atoms with Crippen LogP contribution in [0.15, 0.2) is 36.7 Å². The van der Waals surface area contributed by atoms with Gasteiger partial charge >= 0.3 is 0 Å². The summed E-state index contributed by atoms with van der Waals surface area (Å²) in [4.78, 5) is 19.2. The number of carbonyl (C=O) groups excluding carboxylic acids is 1. The number of rotatable bonds is 3. The van der Waals surface area contributed by atoms with Crippen LogP contribution in [0.1, 0.15) is 36.6 Å². The molecule has 1 unspecified atom stereocenters. The first-order valence-corrected chi connectivity index (χ1v) is 12.4. The van der Waals surface area contributed by atoms with Crippen molar-refractivity contribution < 1.29 is 17.6 Å². The van der Waals surface area contributed by atoms with Crippen LogP contribution in [0, 0.1) is 5.82 Å². The zero-order valence-electron chi connectivity index (χ0n) is 16.5. The van der Waals surface area contributed by atoms with Gasteiger partial charge in [-0.1, -0.05) is 11.6 Å². The Morgan fingerprint density at radius 2 is 2.06 bits per heavy atom. The van der Waals surface area contributed by atoms with Crippen LogP contribution in [0.5, 0.6) is 0 Å². The predicted molar refractivity (Wildman–Crippen MR) is 116 cm³/mol. The number of hydrogen-bond donors (Lipinski definition) is 0. The molecule has 1 saturated carbocycles. The fourth-order valence-corrected chi connectivity index (χ4v) is 7.19. The van der Waals surface area contributed by atoms with Crippen molar-refractivity contribution in [3.63, 3.8) is 0 Å². The molecule has 6 rings (SSSR count). The monoisotopic (exact) mass is 459 g/mol. The Kier molecular flexibility index (Phi) is 3.91. The Bertz CT molecular complexity index is 1380. The summed E-state index contributed by atoms with van der Waals surface area (Å²) in [5, 5.41) is 0.875. The number of aromatic nitrogens is 2. The van der Waals surface area contributed by atoms with Crippen LogP contribution in [-0.2, 0) is 26.6 Å². The number of carbonyl (C=O) groups is 1. The summed E-state index contributed by atoms with van der Waals surface area (Å²) in [5.74, 6) is -0.428. The van der Waals surface area contributed by atoms with E-state index in [2.05, 4.69) is 4.98 Å². The van der Waals surface area contributed by atoms with Crippen LogP contribution < -0.4 is 4.90 Å².